The minimum atomic E-state index is -0.541. The van der Waals surface area contributed by atoms with Crippen LogP contribution in [0.15, 0.2) is 24.5 Å². The fraction of sp³-hybridized carbons (Fsp3) is 0.267. The van der Waals surface area contributed by atoms with E-state index in [0.29, 0.717) is 0 Å². The molecule has 0 aliphatic rings. The monoisotopic (exact) mass is 272 g/mol. The lowest BCUT2D eigenvalue weighted by molar-refractivity contribution is 0.0592. The van der Waals surface area contributed by atoms with E-state index in [4.69, 9.17) is 4.74 Å². The first-order chi connectivity index (χ1) is 9.52. The summed E-state index contributed by atoms with van der Waals surface area (Å²) in [5.41, 5.74) is 3.28. The average Bonchev–Trinajstić information content (AvgIpc) is 2.47. The number of aryl methyl sites for hydroxylation is 2. The van der Waals surface area contributed by atoms with E-state index in [1.54, 1.807) is 0 Å². The van der Waals surface area contributed by atoms with Crippen molar-refractivity contribution in [3.63, 3.8) is 0 Å². The van der Waals surface area contributed by atoms with Gasteiger partial charge in [0.05, 0.1) is 19.5 Å². The van der Waals surface area contributed by atoms with Gasteiger partial charge in [-0.3, -0.25) is 4.98 Å². The highest BCUT2D eigenvalue weighted by atomic mass is 16.5. The molecule has 2 aromatic rings. The Morgan fingerprint density at radius 3 is 2.50 bits per heavy atom. The van der Waals surface area contributed by atoms with Crippen molar-refractivity contribution < 1.29 is 14.3 Å². The second kappa shape index (κ2) is 5.69. The van der Waals surface area contributed by atoms with Gasteiger partial charge in [-0.05, 0) is 37.5 Å². The fourth-order valence-electron chi connectivity index (χ4n) is 1.79. The zero-order chi connectivity index (χ0) is 14.7. The van der Waals surface area contributed by atoms with Gasteiger partial charge in [-0.15, -0.1) is 0 Å². The number of hydrogen-bond donors (Lipinski definition) is 0. The third kappa shape index (κ3) is 2.77. The predicted octanol–water partition coefficient (Wildman–Crippen LogP) is 2.98. The summed E-state index contributed by atoms with van der Waals surface area (Å²) in [6, 6.07) is 4.02. The van der Waals surface area contributed by atoms with Crippen LogP contribution in [0.25, 0.3) is 0 Å². The Bertz CT molecular complexity index is 654. The molecule has 104 valence electrons. The van der Waals surface area contributed by atoms with Crippen molar-refractivity contribution in [2.24, 2.45) is 0 Å². The third-order valence-corrected chi connectivity index (χ3v) is 3.09. The Morgan fingerprint density at radius 2 is 1.80 bits per heavy atom. The van der Waals surface area contributed by atoms with Gasteiger partial charge < -0.3 is 9.47 Å². The molecule has 0 bridgehead atoms. The topological polar surface area (TPSA) is 61.3 Å². The first kappa shape index (κ1) is 14.0. The van der Waals surface area contributed by atoms with Gasteiger partial charge in [-0.2, -0.15) is 0 Å². The Labute approximate surface area is 117 Å². The highest BCUT2D eigenvalue weighted by Gasteiger charge is 2.12. The van der Waals surface area contributed by atoms with Crippen LogP contribution in [0.3, 0.4) is 0 Å². The molecular weight excluding hydrogens is 256 g/mol. The lowest BCUT2D eigenvalue weighted by Crippen LogP contribution is -2.06. The van der Waals surface area contributed by atoms with Crippen LogP contribution in [0.1, 0.15) is 27.2 Å². The number of hydrogen-bond acceptors (Lipinski definition) is 5. The van der Waals surface area contributed by atoms with E-state index in [9.17, 15) is 4.79 Å². The number of methoxy groups -OCH3 is 1. The van der Waals surface area contributed by atoms with Crippen molar-refractivity contribution in [3.05, 3.63) is 46.9 Å². The zero-order valence-corrected chi connectivity index (χ0v) is 11.9. The molecule has 0 radical (unpaired) electrons. The first-order valence-electron chi connectivity index (χ1n) is 6.18. The second-order valence-electron chi connectivity index (χ2n) is 4.49. The summed E-state index contributed by atoms with van der Waals surface area (Å²) in [6.07, 6.45) is 2.81. The molecule has 0 atom stereocenters. The van der Waals surface area contributed by atoms with Crippen LogP contribution in [0.2, 0.25) is 0 Å². The number of esters is 1. The quantitative estimate of drug-likeness (QED) is 0.804. The molecule has 20 heavy (non-hydrogen) atoms. The number of aromatic nitrogens is 2. The second-order valence-corrected chi connectivity index (χ2v) is 4.49. The van der Waals surface area contributed by atoms with Crippen molar-refractivity contribution in [2.45, 2.75) is 20.8 Å². The lowest BCUT2D eigenvalue weighted by atomic mass is 10.1. The van der Waals surface area contributed by atoms with E-state index in [-0.39, 0.29) is 11.6 Å². The largest absolute Gasteiger partial charge is 0.464 e. The van der Waals surface area contributed by atoms with Gasteiger partial charge in [0.2, 0.25) is 5.88 Å². The Kier molecular flexibility index (Phi) is 3.98. The summed E-state index contributed by atoms with van der Waals surface area (Å²) < 4.78 is 10.4. The Balaban J connectivity index is 2.36. The number of benzene rings is 1. The van der Waals surface area contributed by atoms with Crippen LogP contribution >= 0.6 is 0 Å². The summed E-state index contributed by atoms with van der Waals surface area (Å²) in [7, 11) is 1.30. The predicted molar refractivity (Wildman–Crippen MR) is 74.1 cm³/mol. The summed E-state index contributed by atoms with van der Waals surface area (Å²) in [5.74, 6) is 0.464. The molecule has 5 nitrogen and oxygen atoms in total. The number of carbonyl (C=O) groups is 1. The van der Waals surface area contributed by atoms with E-state index in [1.807, 2.05) is 32.9 Å². The van der Waals surface area contributed by atoms with Crippen molar-refractivity contribution in [1.82, 2.24) is 9.97 Å². The minimum absolute atomic E-state index is 0.118. The maximum absolute atomic E-state index is 11.4. The summed E-state index contributed by atoms with van der Waals surface area (Å²) >= 11 is 0. The molecule has 2 rings (SSSR count). The van der Waals surface area contributed by atoms with Crippen LogP contribution < -0.4 is 4.74 Å². The summed E-state index contributed by atoms with van der Waals surface area (Å²) in [6.45, 7) is 5.95. The maximum Gasteiger partial charge on any atom is 0.358 e. The zero-order valence-electron chi connectivity index (χ0n) is 11.9. The number of rotatable bonds is 3. The van der Waals surface area contributed by atoms with E-state index >= 15 is 0 Å². The van der Waals surface area contributed by atoms with Gasteiger partial charge in [-0.25, -0.2) is 9.78 Å². The fourth-order valence-corrected chi connectivity index (χ4v) is 1.79. The summed E-state index contributed by atoms with van der Waals surface area (Å²) in [4.78, 5) is 19.5. The van der Waals surface area contributed by atoms with Gasteiger partial charge in [0.15, 0.2) is 5.69 Å². The smallest absolute Gasteiger partial charge is 0.358 e. The van der Waals surface area contributed by atoms with Crippen LogP contribution in [0.4, 0.5) is 0 Å². The molecule has 1 aromatic carbocycles. The average molecular weight is 272 g/mol. The van der Waals surface area contributed by atoms with E-state index in [1.165, 1.54) is 19.5 Å². The van der Waals surface area contributed by atoms with Crippen molar-refractivity contribution in [2.75, 3.05) is 7.11 Å². The van der Waals surface area contributed by atoms with Gasteiger partial charge >= 0.3 is 5.97 Å². The van der Waals surface area contributed by atoms with Crippen molar-refractivity contribution in [3.8, 4) is 11.6 Å². The molecule has 0 aliphatic heterocycles. The standard InChI is InChI=1S/C15H16N2O3/c1-9-5-6-10(2)14(11(9)3)20-13-8-16-7-12(17-13)15(18)19-4/h5-8H,1-4H3. The van der Waals surface area contributed by atoms with Gasteiger partial charge in [0.1, 0.15) is 5.75 Å². The van der Waals surface area contributed by atoms with Crippen LogP contribution in [0, 0.1) is 20.8 Å². The van der Waals surface area contributed by atoms with Crippen LogP contribution in [0.5, 0.6) is 11.6 Å². The van der Waals surface area contributed by atoms with E-state index in [0.717, 1.165) is 22.4 Å². The summed E-state index contributed by atoms with van der Waals surface area (Å²) in [5, 5.41) is 0. The van der Waals surface area contributed by atoms with Crippen molar-refractivity contribution >= 4 is 5.97 Å². The molecule has 5 heteroatoms. The molecule has 0 saturated heterocycles. The molecule has 0 N–H and O–H groups in total. The lowest BCUT2D eigenvalue weighted by Gasteiger charge is -2.12. The molecular formula is C15H16N2O3. The Morgan fingerprint density at radius 1 is 1.10 bits per heavy atom. The number of nitrogens with zero attached hydrogens (tertiary/aromatic N) is 2. The van der Waals surface area contributed by atoms with Gasteiger partial charge in [-0.1, -0.05) is 12.1 Å². The van der Waals surface area contributed by atoms with Gasteiger partial charge in [0, 0.05) is 0 Å². The van der Waals surface area contributed by atoms with Crippen LogP contribution in [-0.4, -0.2) is 23.0 Å². The normalized spacial score (nSPS) is 10.2. The van der Waals surface area contributed by atoms with E-state index < -0.39 is 5.97 Å². The molecule has 0 fully saturated rings. The molecule has 0 amide bonds. The van der Waals surface area contributed by atoms with Crippen LogP contribution in [-0.2, 0) is 4.74 Å². The highest BCUT2D eigenvalue weighted by Crippen LogP contribution is 2.29. The maximum atomic E-state index is 11.4. The molecule has 0 spiro atoms. The molecule has 1 aromatic heterocycles. The van der Waals surface area contributed by atoms with Crippen molar-refractivity contribution in [1.29, 1.82) is 0 Å². The molecule has 1 heterocycles. The van der Waals surface area contributed by atoms with E-state index in [2.05, 4.69) is 14.7 Å². The number of carbonyl (C=O) groups excluding carboxylic acids is 1. The SMILES string of the molecule is COC(=O)c1cncc(Oc2c(C)ccc(C)c2C)n1. The molecule has 0 saturated carbocycles. The highest BCUT2D eigenvalue weighted by molar-refractivity contribution is 5.86. The number of ether oxygens (including phenoxy) is 2. The molecule has 0 unspecified atom stereocenters. The minimum Gasteiger partial charge on any atom is -0.464 e. The Hall–Kier alpha value is -2.43. The molecule has 0 aliphatic carbocycles. The third-order valence-electron chi connectivity index (χ3n) is 3.09. The first-order valence-corrected chi connectivity index (χ1v) is 6.18. The van der Waals surface area contributed by atoms with Gasteiger partial charge in [0.25, 0.3) is 0 Å².